The minimum Gasteiger partial charge on any atom is -0.253 e. The Balaban J connectivity index is 2.83. The third-order valence-electron chi connectivity index (χ3n) is 4.57. The molecule has 0 bridgehead atoms. The molecule has 20 heavy (non-hydrogen) atoms. The minimum atomic E-state index is 1.12. The molecule has 0 saturated carbocycles. The summed E-state index contributed by atoms with van der Waals surface area (Å²) in [6, 6.07) is 2.26. The highest BCUT2D eigenvalue weighted by atomic mass is 79.9. The maximum atomic E-state index is 4.86. The van der Waals surface area contributed by atoms with Gasteiger partial charge in [0.05, 0.1) is 5.69 Å². The SMILES string of the molecule is Cc1cc(-c2nc(C)c(C)c(C)c2C)c(C)c(Br)c1C. The molecule has 0 aliphatic rings. The normalized spacial score (nSPS) is 11.0. The maximum Gasteiger partial charge on any atom is 0.0740 e. The van der Waals surface area contributed by atoms with Crippen molar-refractivity contribution >= 4 is 15.9 Å². The second-order valence-electron chi connectivity index (χ2n) is 5.73. The summed E-state index contributed by atoms with van der Waals surface area (Å²) >= 11 is 3.73. The molecule has 0 fully saturated rings. The molecule has 2 rings (SSSR count). The molecule has 1 aromatic carbocycles. The van der Waals surface area contributed by atoms with Gasteiger partial charge in [0.15, 0.2) is 0 Å². The van der Waals surface area contributed by atoms with Crippen LogP contribution in [0.3, 0.4) is 0 Å². The summed E-state index contributed by atoms with van der Waals surface area (Å²) in [5.41, 5.74) is 11.3. The van der Waals surface area contributed by atoms with Crippen LogP contribution in [0.2, 0.25) is 0 Å². The van der Waals surface area contributed by atoms with Gasteiger partial charge in [0, 0.05) is 15.7 Å². The van der Waals surface area contributed by atoms with Gasteiger partial charge in [0.1, 0.15) is 0 Å². The summed E-state index contributed by atoms with van der Waals surface area (Å²) in [6.07, 6.45) is 0. The summed E-state index contributed by atoms with van der Waals surface area (Å²) in [4.78, 5) is 4.86. The number of rotatable bonds is 1. The predicted octanol–water partition coefficient (Wildman–Crippen LogP) is 5.67. The van der Waals surface area contributed by atoms with E-state index in [9.17, 15) is 0 Å². The molecule has 1 aromatic heterocycles. The number of benzene rings is 1. The summed E-state index contributed by atoms with van der Waals surface area (Å²) in [6.45, 7) is 15.1. The minimum absolute atomic E-state index is 1.12. The number of aromatic nitrogens is 1. The van der Waals surface area contributed by atoms with E-state index >= 15 is 0 Å². The summed E-state index contributed by atoms with van der Waals surface area (Å²) in [7, 11) is 0. The average molecular weight is 332 g/mol. The Bertz CT molecular complexity index is 638. The zero-order valence-corrected chi connectivity index (χ0v) is 15.0. The maximum absolute atomic E-state index is 4.86. The van der Waals surface area contributed by atoms with Crippen molar-refractivity contribution in [2.24, 2.45) is 0 Å². The summed E-state index contributed by atoms with van der Waals surface area (Å²) < 4.78 is 1.20. The van der Waals surface area contributed by atoms with Crippen molar-refractivity contribution in [3.05, 3.63) is 49.6 Å². The Kier molecular flexibility index (Phi) is 4.06. The van der Waals surface area contributed by atoms with Gasteiger partial charge >= 0.3 is 0 Å². The van der Waals surface area contributed by atoms with Crippen molar-refractivity contribution in [1.82, 2.24) is 4.98 Å². The van der Waals surface area contributed by atoms with Gasteiger partial charge in [-0.1, -0.05) is 15.9 Å². The number of pyridine rings is 1. The lowest BCUT2D eigenvalue weighted by atomic mass is 9.93. The van der Waals surface area contributed by atoms with E-state index in [1.54, 1.807) is 0 Å². The third kappa shape index (κ3) is 2.31. The van der Waals surface area contributed by atoms with Crippen molar-refractivity contribution in [1.29, 1.82) is 0 Å². The quantitative estimate of drug-likeness (QED) is 0.656. The zero-order chi connectivity index (χ0) is 15.2. The Morgan fingerprint density at radius 2 is 1.35 bits per heavy atom. The van der Waals surface area contributed by atoms with Gasteiger partial charge < -0.3 is 0 Å². The van der Waals surface area contributed by atoms with Gasteiger partial charge in [0.25, 0.3) is 0 Å². The fraction of sp³-hybridized carbons (Fsp3) is 0.389. The van der Waals surface area contributed by atoms with Crippen LogP contribution in [-0.2, 0) is 0 Å². The third-order valence-corrected chi connectivity index (χ3v) is 5.76. The smallest absolute Gasteiger partial charge is 0.0740 e. The Morgan fingerprint density at radius 1 is 0.750 bits per heavy atom. The molecule has 0 amide bonds. The zero-order valence-electron chi connectivity index (χ0n) is 13.4. The average Bonchev–Trinajstić information content (AvgIpc) is 2.42. The highest BCUT2D eigenvalue weighted by Gasteiger charge is 2.15. The fourth-order valence-corrected chi connectivity index (χ4v) is 3.11. The molecule has 0 N–H and O–H groups in total. The standard InChI is InChI=1S/C18H22BrN/c1-9-8-16(14(6)17(19)10(9)2)18-13(5)11(3)12(4)15(7)20-18/h8H,1-7H3. The van der Waals surface area contributed by atoms with Gasteiger partial charge in [-0.25, -0.2) is 0 Å². The first-order valence-electron chi connectivity index (χ1n) is 6.96. The molecule has 0 aliphatic carbocycles. The van der Waals surface area contributed by atoms with E-state index in [1.165, 1.54) is 43.4 Å². The molecule has 2 heteroatoms. The van der Waals surface area contributed by atoms with Crippen molar-refractivity contribution in [3.63, 3.8) is 0 Å². The Hall–Kier alpha value is -1.15. The molecule has 0 atom stereocenters. The molecular weight excluding hydrogens is 310 g/mol. The van der Waals surface area contributed by atoms with Crippen molar-refractivity contribution in [2.75, 3.05) is 0 Å². The molecular formula is C18H22BrN. The van der Waals surface area contributed by atoms with Crippen LogP contribution in [0.4, 0.5) is 0 Å². The second-order valence-corrected chi connectivity index (χ2v) is 6.52. The van der Waals surface area contributed by atoms with Crippen molar-refractivity contribution in [2.45, 2.75) is 48.5 Å². The van der Waals surface area contributed by atoms with Gasteiger partial charge in [-0.15, -0.1) is 0 Å². The van der Waals surface area contributed by atoms with Crippen LogP contribution >= 0.6 is 15.9 Å². The molecule has 0 spiro atoms. The first-order valence-corrected chi connectivity index (χ1v) is 7.76. The van der Waals surface area contributed by atoms with Crippen LogP contribution in [0.1, 0.15) is 39.1 Å². The molecule has 0 saturated heterocycles. The lowest BCUT2D eigenvalue weighted by Gasteiger charge is -2.17. The summed E-state index contributed by atoms with van der Waals surface area (Å²) in [5, 5.41) is 0. The van der Waals surface area contributed by atoms with E-state index in [0.717, 1.165) is 11.4 Å². The Labute approximate surface area is 130 Å². The van der Waals surface area contributed by atoms with E-state index in [2.05, 4.69) is 70.5 Å². The van der Waals surface area contributed by atoms with Crippen molar-refractivity contribution in [3.8, 4) is 11.3 Å². The fourth-order valence-electron chi connectivity index (χ4n) is 2.58. The lowest BCUT2D eigenvalue weighted by molar-refractivity contribution is 1.09. The van der Waals surface area contributed by atoms with Crippen LogP contribution in [-0.4, -0.2) is 4.98 Å². The molecule has 106 valence electrons. The molecule has 0 radical (unpaired) electrons. The van der Waals surface area contributed by atoms with Crippen LogP contribution in [0, 0.1) is 48.5 Å². The number of aryl methyl sites for hydroxylation is 2. The van der Waals surface area contributed by atoms with Gasteiger partial charge in [-0.05, 0) is 87.9 Å². The number of nitrogens with zero attached hydrogens (tertiary/aromatic N) is 1. The monoisotopic (exact) mass is 331 g/mol. The topological polar surface area (TPSA) is 12.9 Å². The Morgan fingerprint density at radius 3 is 1.95 bits per heavy atom. The van der Waals surface area contributed by atoms with E-state index in [4.69, 9.17) is 4.98 Å². The van der Waals surface area contributed by atoms with E-state index < -0.39 is 0 Å². The van der Waals surface area contributed by atoms with E-state index in [0.29, 0.717) is 0 Å². The largest absolute Gasteiger partial charge is 0.253 e. The molecule has 0 aliphatic heterocycles. The molecule has 1 nitrogen and oxygen atoms in total. The second kappa shape index (κ2) is 5.33. The molecule has 2 aromatic rings. The first-order chi connectivity index (χ1) is 9.25. The predicted molar refractivity (Wildman–Crippen MR) is 90.5 cm³/mol. The van der Waals surface area contributed by atoms with Gasteiger partial charge in [-0.3, -0.25) is 4.98 Å². The van der Waals surface area contributed by atoms with Gasteiger partial charge in [0.2, 0.25) is 0 Å². The number of halogens is 1. The van der Waals surface area contributed by atoms with Crippen LogP contribution in [0.25, 0.3) is 11.3 Å². The summed E-state index contributed by atoms with van der Waals surface area (Å²) in [5.74, 6) is 0. The number of hydrogen-bond donors (Lipinski definition) is 0. The molecule has 1 heterocycles. The lowest BCUT2D eigenvalue weighted by Crippen LogP contribution is -2.01. The number of hydrogen-bond acceptors (Lipinski definition) is 1. The van der Waals surface area contributed by atoms with Crippen LogP contribution < -0.4 is 0 Å². The van der Waals surface area contributed by atoms with E-state index in [1.807, 2.05) is 0 Å². The van der Waals surface area contributed by atoms with E-state index in [-0.39, 0.29) is 0 Å². The van der Waals surface area contributed by atoms with Crippen LogP contribution in [0.5, 0.6) is 0 Å². The highest BCUT2D eigenvalue weighted by Crippen LogP contribution is 2.35. The van der Waals surface area contributed by atoms with Crippen molar-refractivity contribution < 1.29 is 0 Å². The van der Waals surface area contributed by atoms with Crippen LogP contribution in [0.15, 0.2) is 10.5 Å². The highest BCUT2D eigenvalue weighted by molar-refractivity contribution is 9.10. The van der Waals surface area contributed by atoms with Gasteiger partial charge in [-0.2, -0.15) is 0 Å². The molecule has 0 unspecified atom stereocenters. The first kappa shape index (κ1) is 15.2.